The molecular formula is C23H30N6O4S. The molecule has 182 valence electrons. The zero-order chi connectivity index (χ0) is 24.3. The molecule has 4 rings (SSSR count). The van der Waals surface area contributed by atoms with Crippen molar-refractivity contribution in [3.63, 3.8) is 0 Å². The summed E-state index contributed by atoms with van der Waals surface area (Å²) in [5.74, 6) is 0.108. The van der Waals surface area contributed by atoms with Crippen LogP contribution in [-0.2, 0) is 23.5 Å². The van der Waals surface area contributed by atoms with Crippen LogP contribution in [0, 0.1) is 5.92 Å². The van der Waals surface area contributed by atoms with Crippen molar-refractivity contribution in [1.29, 1.82) is 0 Å². The highest BCUT2D eigenvalue weighted by atomic mass is 32.2. The van der Waals surface area contributed by atoms with Gasteiger partial charge >= 0.3 is 0 Å². The van der Waals surface area contributed by atoms with Crippen LogP contribution >= 0.6 is 0 Å². The molecule has 3 aromatic rings. The third kappa shape index (κ3) is 5.37. The van der Waals surface area contributed by atoms with E-state index in [2.05, 4.69) is 32.9 Å². The molecule has 0 saturated carbocycles. The molecule has 0 unspecified atom stereocenters. The fourth-order valence-corrected chi connectivity index (χ4v) is 5.44. The number of hydrogen-bond donors (Lipinski definition) is 2. The number of rotatable bonds is 8. The number of sulfonamides is 1. The van der Waals surface area contributed by atoms with E-state index in [4.69, 9.17) is 5.21 Å². The first-order valence-electron chi connectivity index (χ1n) is 11.3. The molecule has 2 N–H and O–H groups in total. The van der Waals surface area contributed by atoms with Crippen LogP contribution in [0.4, 0.5) is 5.95 Å². The molecule has 1 saturated heterocycles. The van der Waals surface area contributed by atoms with Gasteiger partial charge in [-0.15, -0.1) is 0 Å². The van der Waals surface area contributed by atoms with E-state index in [1.54, 1.807) is 9.79 Å². The second-order valence-electron chi connectivity index (χ2n) is 8.80. The van der Waals surface area contributed by atoms with Crippen LogP contribution in [0.1, 0.15) is 28.8 Å². The Kier molecular flexibility index (Phi) is 7.15. The van der Waals surface area contributed by atoms with E-state index in [-0.39, 0.29) is 11.5 Å². The second-order valence-corrected chi connectivity index (χ2v) is 10.8. The summed E-state index contributed by atoms with van der Waals surface area (Å²) < 4.78 is 28.7. The summed E-state index contributed by atoms with van der Waals surface area (Å²) in [5, 5.41) is 9.86. The number of aryl methyl sites for hydroxylation is 1. The number of hydrogen-bond acceptors (Lipinski definition) is 7. The molecule has 0 spiro atoms. The van der Waals surface area contributed by atoms with E-state index in [9.17, 15) is 13.2 Å². The number of piperidine rings is 1. The molecule has 1 aliphatic rings. The van der Waals surface area contributed by atoms with Gasteiger partial charge in [0.25, 0.3) is 5.91 Å². The van der Waals surface area contributed by atoms with Crippen molar-refractivity contribution in [1.82, 2.24) is 24.3 Å². The number of carbonyl (C=O) groups excluding carboxylic acids is 1. The van der Waals surface area contributed by atoms with Gasteiger partial charge in [-0.2, -0.15) is 0 Å². The van der Waals surface area contributed by atoms with Crippen LogP contribution < -0.4 is 10.4 Å². The lowest BCUT2D eigenvalue weighted by molar-refractivity contribution is 0.0705. The number of benzene rings is 1. The Morgan fingerprint density at radius 1 is 1.21 bits per heavy atom. The molecule has 3 heterocycles. The maximum absolute atomic E-state index is 12.5. The Morgan fingerprint density at radius 2 is 1.88 bits per heavy atom. The summed E-state index contributed by atoms with van der Waals surface area (Å²) >= 11 is 0. The van der Waals surface area contributed by atoms with Crippen molar-refractivity contribution >= 4 is 32.8 Å². The Morgan fingerprint density at radius 3 is 2.53 bits per heavy atom. The number of nitrogens with one attached hydrogen (secondary N) is 1. The van der Waals surface area contributed by atoms with E-state index >= 15 is 0 Å². The summed E-state index contributed by atoms with van der Waals surface area (Å²) in [5.41, 5.74) is 4.03. The third-order valence-corrected chi connectivity index (χ3v) is 7.71. The number of para-hydroxylation sites is 1. The van der Waals surface area contributed by atoms with Crippen molar-refractivity contribution < 1.29 is 18.4 Å². The van der Waals surface area contributed by atoms with Gasteiger partial charge < -0.3 is 9.47 Å². The Bertz CT molecular complexity index is 1250. The van der Waals surface area contributed by atoms with E-state index < -0.39 is 15.9 Å². The van der Waals surface area contributed by atoms with E-state index in [1.165, 1.54) is 18.6 Å². The number of carbonyl (C=O) groups is 1. The molecule has 1 aromatic carbocycles. The predicted molar refractivity (Wildman–Crippen MR) is 129 cm³/mol. The van der Waals surface area contributed by atoms with Gasteiger partial charge in [0.1, 0.15) is 0 Å². The van der Waals surface area contributed by atoms with Crippen LogP contribution in [0.2, 0.25) is 0 Å². The van der Waals surface area contributed by atoms with E-state index in [0.29, 0.717) is 38.5 Å². The lowest BCUT2D eigenvalue weighted by Crippen LogP contribution is -2.41. The minimum Gasteiger partial charge on any atom is -0.350 e. The van der Waals surface area contributed by atoms with Crippen molar-refractivity contribution in [2.24, 2.45) is 13.0 Å². The molecule has 0 bridgehead atoms. The SMILES string of the molecule is Cn1cc(CCN(CC2CCN(c3ncc(C(=O)NO)cn3)CC2)S(C)(=O)=O)c2ccccc21. The molecule has 1 amide bonds. The monoisotopic (exact) mass is 486 g/mol. The van der Waals surface area contributed by atoms with Crippen LogP contribution in [0.3, 0.4) is 0 Å². The fourth-order valence-electron chi connectivity index (χ4n) is 4.53. The van der Waals surface area contributed by atoms with Gasteiger partial charge in [-0.1, -0.05) is 18.2 Å². The summed E-state index contributed by atoms with van der Waals surface area (Å²) in [6, 6.07) is 8.16. The Hall–Kier alpha value is -3.02. The second kappa shape index (κ2) is 10.1. The average Bonchev–Trinajstić information content (AvgIpc) is 3.16. The molecular weight excluding hydrogens is 456 g/mol. The van der Waals surface area contributed by atoms with Gasteiger partial charge in [-0.25, -0.2) is 28.2 Å². The van der Waals surface area contributed by atoms with Crippen molar-refractivity contribution in [3.05, 3.63) is 54.0 Å². The average molecular weight is 487 g/mol. The number of fused-ring (bicyclic) bond motifs is 1. The molecule has 0 radical (unpaired) electrons. The molecule has 0 atom stereocenters. The Labute approximate surface area is 199 Å². The zero-order valence-corrected chi connectivity index (χ0v) is 20.2. The minimum absolute atomic E-state index is 0.177. The smallest absolute Gasteiger partial charge is 0.277 e. The van der Waals surface area contributed by atoms with Crippen molar-refractivity contribution in [2.45, 2.75) is 19.3 Å². The topological polar surface area (TPSA) is 121 Å². The van der Waals surface area contributed by atoms with Gasteiger partial charge in [0, 0.05) is 62.7 Å². The predicted octanol–water partition coefficient (Wildman–Crippen LogP) is 1.81. The van der Waals surface area contributed by atoms with Gasteiger partial charge in [0.2, 0.25) is 16.0 Å². The third-order valence-electron chi connectivity index (χ3n) is 6.44. The summed E-state index contributed by atoms with van der Waals surface area (Å²) in [4.78, 5) is 21.9. The summed E-state index contributed by atoms with van der Waals surface area (Å²) in [6.07, 6.45) is 8.42. The quantitative estimate of drug-likeness (QED) is 0.368. The number of aromatic nitrogens is 3. The van der Waals surface area contributed by atoms with Crippen molar-refractivity contribution in [3.8, 4) is 0 Å². The lowest BCUT2D eigenvalue weighted by Gasteiger charge is -2.34. The van der Waals surface area contributed by atoms with Gasteiger partial charge in [0.05, 0.1) is 11.8 Å². The summed E-state index contributed by atoms with van der Waals surface area (Å²) in [6.45, 7) is 2.35. The van der Waals surface area contributed by atoms with Crippen LogP contribution in [0.25, 0.3) is 10.9 Å². The highest BCUT2D eigenvalue weighted by Crippen LogP contribution is 2.24. The molecule has 2 aromatic heterocycles. The van der Waals surface area contributed by atoms with Crippen LogP contribution in [0.15, 0.2) is 42.9 Å². The molecule has 34 heavy (non-hydrogen) atoms. The lowest BCUT2D eigenvalue weighted by atomic mass is 9.97. The van der Waals surface area contributed by atoms with Crippen LogP contribution in [0.5, 0.6) is 0 Å². The normalized spacial score (nSPS) is 15.2. The standard InChI is InChI=1S/C23H30N6O4S/c1-27-16-18(20-5-3-4-6-21(20)27)9-12-29(34(2,32)33)15-17-7-10-28(11-8-17)23-24-13-19(14-25-23)22(30)26-31/h3-6,13-14,16-17,31H,7-12,15H2,1-2H3,(H,26,30). The molecule has 0 aliphatic carbocycles. The number of anilines is 1. The number of hydroxylamine groups is 1. The molecule has 1 fully saturated rings. The first-order chi connectivity index (χ1) is 16.3. The zero-order valence-electron chi connectivity index (χ0n) is 19.4. The number of nitrogens with zero attached hydrogens (tertiary/aromatic N) is 5. The van der Waals surface area contributed by atoms with Crippen LogP contribution in [-0.4, -0.2) is 70.8 Å². The first kappa shape index (κ1) is 24.1. The van der Waals surface area contributed by atoms with E-state index in [0.717, 1.165) is 29.3 Å². The minimum atomic E-state index is -3.33. The van der Waals surface area contributed by atoms with Crippen molar-refractivity contribution in [2.75, 3.05) is 37.3 Å². The molecule has 11 heteroatoms. The Balaban J connectivity index is 1.36. The highest BCUT2D eigenvalue weighted by molar-refractivity contribution is 7.88. The summed E-state index contributed by atoms with van der Waals surface area (Å²) in [7, 11) is -1.33. The fraction of sp³-hybridized carbons (Fsp3) is 0.435. The number of amides is 1. The molecule has 10 nitrogen and oxygen atoms in total. The molecule has 1 aliphatic heterocycles. The van der Waals surface area contributed by atoms with Gasteiger partial charge in [-0.3, -0.25) is 10.0 Å². The largest absolute Gasteiger partial charge is 0.350 e. The van der Waals surface area contributed by atoms with Gasteiger partial charge in [-0.05, 0) is 36.8 Å². The first-order valence-corrected chi connectivity index (χ1v) is 13.1. The highest BCUT2D eigenvalue weighted by Gasteiger charge is 2.26. The maximum atomic E-state index is 12.5. The van der Waals surface area contributed by atoms with Gasteiger partial charge in [0.15, 0.2) is 0 Å². The van der Waals surface area contributed by atoms with E-state index in [1.807, 2.05) is 24.1 Å². The maximum Gasteiger partial charge on any atom is 0.277 e.